The summed E-state index contributed by atoms with van der Waals surface area (Å²) >= 11 is 14.5. The molecule has 0 unspecified atom stereocenters. The first-order valence-corrected chi connectivity index (χ1v) is 19.0. The van der Waals surface area contributed by atoms with Crippen LogP contribution in [0.25, 0.3) is 0 Å². The molecule has 9 heteroatoms. The maximum atomic E-state index is 10.5. The molecule has 4 aromatic carbocycles. The number of aliphatic hydroxyl groups is 1. The van der Waals surface area contributed by atoms with Crippen LogP contribution in [-0.2, 0) is 4.43 Å². The van der Waals surface area contributed by atoms with Crippen molar-refractivity contribution in [1.29, 1.82) is 0 Å². The van der Waals surface area contributed by atoms with Crippen molar-refractivity contribution >= 4 is 64.9 Å². The van der Waals surface area contributed by atoms with E-state index in [1.165, 1.54) is 10.4 Å². The van der Waals surface area contributed by atoms with Gasteiger partial charge in [-0.25, -0.2) is 0 Å². The lowest BCUT2D eigenvalue weighted by molar-refractivity contribution is 0.252. The van der Waals surface area contributed by atoms with Gasteiger partial charge in [-0.05, 0) is 58.1 Å². The fourth-order valence-electron chi connectivity index (χ4n) is 6.57. The average Bonchev–Trinajstić information content (AvgIpc) is 3.17. The minimum atomic E-state index is -2.79. The van der Waals surface area contributed by atoms with E-state index in [2.05, 4.69) is 92.8 Å². The van der Waals surface area contributed by atoms with Crippen LogP contribution in [0.1, 0.15) is 50.0 Å². The minimum absolute atomic E-state index is 0.0346. The van der Waals surface area contributed by atoms with Crippen molar-refractivity contribution in [2.75, 3.05) is 32.8 Å². The second kappa shape index (κ2) is 14.5. The molecule has 0 amide bonds. The van der Waals surface area contributed by atoms with Crippen molar-refractivity contribution < 1.29 is 19.0 Å². The topological polar surface area (TPSA) is 60.0 Å². The standard InChI is InChI=1S/C37H42ClNO4S2Si/c1-36(2,3)46(27-13-8-6-9-14-27,28-15-10-7-11-16-28)43-24-22-37(21-23-40)35(44)39-31-20-19-26(38)25-30(31)34(45-37)29-17-12-18-32(41-4)33(29)42-5/h6-20,25,34,40H,21-24H2,1-5H3,(H,39,44)/t34-,37+/m0/s1. The molecule has 0 saturated heterocycles. The van der Waals surface area contributed by atoms with E-state index in [1.807, 2.05) is 30.3 Å². The Morgan fingerprint density at radius 2 is 1.52 bits per heavy atom. The number of nitrogens with one attached hydrogen (secondary N) is 1. The van der Waals surface area contributed by atoms with Crippen LogP contribution in [0.5, 0.6) is 11.5 Å². The van der Waals surface area contributed by atoms with Gasteiger partial charge in [-0.1, -0.05) is 117 Å². The van der Waals surface area contributed by atoms with Crippen LogP contribution >= 0.6 is 35.6 Å². The van der Waals surface area contributed by atoms with E-state index in [0.29, 0.717) is 41.0 Å². The van der Waals surface area contributed by atoms with Crippen molar-refractivity contribution in [3.05, 3.63) is 113 Å². The van der Waals surface area contributed by atoms with E-state index in [4.69, 9.17) is 37.7 Å². The van der Waals surface area contributed by atoms with E-state index in [1.54, 1.807) is 26.0 Å². The van der Waals surface area contributed by atoms with Crippen molar-refractivity contribution in [3.63, 3.8) is 0 Å². The predicted molar refractivity (Wildman–Crippen MR) is 199 cm³/mol. The van der Waals surface area contributed by atoms with E-state index >= 15 is 0 Å². The van der Waals surface area contributed by atoms with Crippen molar-refractivity contribution in [1.82, 2.24) is 0 Å². The first-order valence-electron chi connectivity index (χ1n) is 15.5. The molecule has 0 spiro atoms. The third-order valence-electron chi connectivity index (χ3n) is 8.77. The molecule has 242 valence electrons. The molecule has 1 aliphatic heterocycles. The molecule has 0 aromatic heterocycles. The van der Waals surface area contributed by atoms with Gasteiger partial charge < -0.3 is 24.3 Å². The van der Waals surface area contributed by atoms with Crippen LogP contribution in [-0.4, -0.2) is 50.6 Å². The van der Waals surface area contributed by atoms with Gasteiger partial charge in [-0.2, -0.15) is 0 Å². The number of aliphatic hydroxyl groups excluding tert-OH is 1. The quantitative estimate of drug-likeness (QED) is 0.122. The number of benzene rings is 4. The van der Waals surface area contributed by atoms with Gasteiger partial charge in [0.25, 0.3) is 8.32 Å². The molecule has 2 atom stereocenters. The zero-order valence-corrected chi connectivity index (χ0v) is 30.4. The summed E-state index contributed by atoms with van der Waals surface area (Å²) in [5.41, 5.74) is 2.81. The molecular weight excluding hydrogens is 650 g/mol. The Morgan fingerprint density at radius 1 is 0.870 bits per heavy atom. The third-order valence-corrected chi connectivity index (χ3v) is 16.5. The molecule has 0 saturated carbocycles. The van der Waals surface area contributed by atoms with Gasteiger partial charge in [-0.15, -0.1) is 11.8 Å². The normalized spacial score (nSPS) is 18.3. The smallest absolute Gasteiger partial charge is 0.261 e. The molecule has 0 radical (unpaired) electrons. The van der Waals surface area contributed by atoms with Gasteiger partial charge in [0.1, 0.15) is 0 Å². The number of halogens is 1. The highest BCUT2D eigenvalue weighted by molar-refractivity contribution is 8.03. The van der Waals surface area contributed by atoms with Crippen LogP contribution < -0.4 is 25.2 Å². The highest BCUT2D eigenvalue weighted by atomic mass is 35.5. The minimum Gasteiger partial charge on any atom is -0.493 e. The number of para-hydroxylation sites is 1. The average molecular weight is 692 g/mol. The first kappa shape index (κ1) is 34.5. The summed E-state index contributed by atoms with van der Waals surface area (Å²) in [6.07, 6.45) is 1.02. The maximum absolute atomic E-state index is 10.5. The van der Waals surface area contributed by atoms with E-state index in [-0.39, 0.29) is 16.9 Å². The van der Waals surface area contributed by atoms with Gasteiger partial charge in [-0.3, -0.25) is 0 Å². The summed E-state index contributed by atoms with van der Waals surface area (Å²) in [5, 5.41) is 16.8. The molecule has 0 bridgehead atoms. The SMILES string of the molecule is COc1cccc([C@@H]2S[C@](CCO)(CCO[Si](c3ccccc3)(c3ccccc3)C(C)(C)C)C(=S)Nc3ccc(Cl)cc32)c1OC. The molecule has 5 nitrogen and oxygen atoms in total. The molecule has 2 N–H and O–H groups in total. The van der Waals surface area contributed by atoms with Gasteiger partial charge in [0.05, 0.1) is 29.2 Å². The van der Waals surface area contributed by atoms with Crippen molar-refractivity contribution in [2.45, 2.75) is 48.6 Å². The second-order valence-electron chi connectivity index (χ2n) is 12.5. The number of methoxy groups -OCH3 is 2. The molecule has 1 aliphatic rings. The monoisotopic (exact) mass is 691 g/mol. The summed E-state index contributed by atoms with van der Waals surface area (Å²) < 4.78 is 18.3. The number of anilines is 1. The first-order chi connectivity index (χ1) is 22.1. The zero-order valence-electron chi connectivity index (χ0n) is 27.0. The van der Waals surface area contributed by atoms with Crippen LogP contribution in [0.4, 0.5) is 5.69 Å². The van der Waals surface area contributed by atoms with Crippen LogP contribution in [0.2, 0.25) is 10.1 Å². The Labute approximate surface area is 288 Å². The van der Waals surface area contributed by atoms with Crippen LogP contribution in [0.15, 0.2) is 97.1 Å². The van der Waals surface area contributed by atoms with Crippen LogP contribution in [0, 0.1) is 0 Å². The zero-order chi connectivity index (χ0) is 33.0. The second-order valence-corrected chi connectivity index (χ2v) is 19.1. The number of rotatable bonds is 11. The Bertz CT molecular complexity index is 1610. The molecule has 5 rings (SSSR count). The highest BCUT2D eigenvalue weighted by Gasteiger charge is 2.51. The molecular formula is C37H42ClNO4S2Si. The summed E-state index contributed by atoms with van der Waals surface area (Å²) in [4.78, 5) is 0.658. The number of ether oxygens (including phenoxy) is 2. The van der Waals surface area contributed by atoms with Gasteiger partial charge in [0, 0.05) is 29.5 Å². The number of hydrogen-bond donors (Lipinski definition) is 2. The van der Waals surface area contributed by atoms with E-state index in [0.717, 1.165) is 16.8 Å². The molecule has 4 aromatic rings. The maximum Gasteiger partial charge on any atom is 0.261 e. The third kappa shape index (κ3) is 6.61. The number of thioether (sulfide) groups is 1. The summed E-state index contributed by atoms with van der Waals surface area (Å²) in [6, 6.07) is 33.0. The largest absolute Gasteiger partial charge is 0.493 e. The number of hydrogen-bond acceptors (Lipinski definition) is 6. The number of thiocarbonyl (C=S) groups is 1. The van der Waals surface area contributed by atoms with Crippen molar-refractivity contribution in [2.24, 2.45) is 0 Å². The predicted octanol–water partition coefficient (Wildman–Crippen LogP) is 8.02. The van der Waals surface area contributed by atoms with E-state index < -0.39 is 13.1 Å². The lowest BCUT2D eigenvalue weighted by atomic mass is 9.99. The van der Waals surface area contributed by atoms with Gasteiger partial charge in [0.15, 0.2) is 11.5 Å². The Balaban J connectivity index is 1.60. The van der Waals surface area contributed by atoms with Gasteiger partial charge in [0.2, 0.25) is 0 Å². The summed E-state index contributed by atoms with van der Waals surface area (Å²) in [5.74, 6) is 1.30. The molecule has 0 fully saturated rings. The molecule has 1 heterocycles. The van der Waals surface area contributed by atoms with Crippen LogP contribution in [0.3, 0.4) is 0 Å². The molecule has 0 aliphatic carbocycles. The van der Waals surface area contributed by atoms with Gasteiger partial charge >= 0.3 is 0 Å². The summed E-state index contributed by atoms with van der Waals surface area (Å²) in [6.45, 7) is 7.25. The van der Waals surface area contributed by atoms with E-state index in [9.17, 15) is 5.11 Å². The Hall–Kier alpha value is -2.85. The Kier molecular flexibility index (Phi) is 10.9. The molecule has 46 heavy (non-hydrogen) atoms. The Morgan fingerprint density at radius 3 is 2.09 bits per heavy atom. The lowest BCUT2D eigenvalue weighted by Gasteiger charge is -2.44. The highest BCUT2D eigenvalue weighted by Crippen LogP contribution is 2.55. The fraction of sp³-hybridized carbons (Fsp3) is 0.324. The number of fused-ring (bicyclic) bond motifs is 1. The lowest BCUT2D eigenvalue weighted by Crippen LogP contribution is -2.66. The summed E-state index contributed by atoms with van der Waals surface area (Å²) in [7, 11) is 0.504. The fourth-order valence-corrected chi connectivity index (χ4v) is 13.4. The van der Waals surface area contributed by atoms with Crippen molar-refractivity contribution in [3.8, 4) is 11.5 Å².